The summed E-state index contributed by atoms with van der Waals surface area (Å²) in [5.41, 5.74) is 0.365. The van der Waals surface area contributed by atoms with E-state index in [1.165, 1.54) is 12.1 Å². The van der Waals surface area contributed by atoms with E-state index < -0.39 is 11.7 Å². The van der Waals surface area contributed by atoms with Crippen LogP contribution in [0.15, 0.2) is 53.0 Å². The van der Waals surface area contributed by atoms with E-state index >= 15 is 0 Å². The van der Waals surface area contributed by atoms with Gasteiger partial charge in [-0.05, 0) is 36.8 Å². The van der Waals surface area contributed by atoms with E-state index in [1.807, 2.05) is 31.2 Å². The van der Waals surface area contributed by atoms with E-state index in [0.29, 0.717) is 0 Å². The van der Waals surface area contributed by atoms with Gasteiger partial charge in [-0.1, -0.05) is 40.2 Å². The molecular weight excluding hydrogens is 331 g/mol. The first-order valence-corrected chi connectivity index (χ1v) is 6.85. The van der Waals surface area contributed by atoms with Gasteiger partial charge in [0.15, 0.2) is 0 Å². The molecule has 0 radical (unpaired) electrons. The molecule has 0 aromatic heterocycles. The van der Waals surface area contributed by atoms with Crippen LogP contribution in [0.1, 0.15) is 24.1 Å². The van der Waals surface area contributed by atoms with E-state index in [-0.39, 0.29) is 11.7 Å². The van der Waals surface area contributed by atoms with E-state index in [4.69, 9.17) is 0 Å². The van der Waals surface area contributed by atoms with Crippen molar-refractivity contribution in [3.05, 3.63) is 64.1 Å². The second kappa shape index (κ2) is 5.87. The van der Waals surface area contributed by atoms with Crippen molar-refractivity contribution < 1.29 is 13.2 Å². The van der Waals surface area contributed by atoms with Crippen LogP contribution in [-0.2, 0) is 6.18 Å². The minimum atomic E-state index is -4.36. The fourth-order valence-corrected chi connectivity index (χ4v) is 2.19. The molecule has 2 rings (SSSR count). The Morgan fingerprint density at radius 1 is 1.00 bits per heavy atom. The Balaban J connectivity index is 2.24. The number of hydrogen-bond acceptors (Lipinski definition) is 1. The number of rotatable bonds is 3. The number of hydrogen-bond donors (Lipinski definition) is 1. The van der Waals surface area contributed by atoms with Crippen molar-refractivity contribution in [3.63, 3.8) is 0 Å². The highest BCUT2D eigenvalue weighted by molar-refractivity contribution is 9.10. The summed E-state index contributed by atoms with van der Waals surface area (Å²) in [5.74, 6) is 0. The molecule has 20 heavy (non-hydrogen) atoms. The highest BCUT2D eigenvalue weighted by Gasteiger charge is 2.33. The molecule has 0 saturated carbocycles. The average molecular weight is 344 g/mol. The number of benzene rings is 2. The van der Waals surface area contributed by atoms with Crippen LogP contribution in [0.4, 0.5) is 18.9 Å². The first-order chi connectivity index (χ1) is 9.38. The van der Waals surface area contributed by atoms with E-state index in [9.17, 15) is 13.2 Å². The molecule has 2 aromatic carbocycles. The molecule has 2 aromatic rings. The fourth-order valence-electron chi connectivity index (χ4n) is 1.92. The Bertz CT molecular complexity index is 578. The topological polar surface area (TPSA) is 12.0 Å². The van der Waals surface area contributed by atoms with Gasteiger partial charge in [0.05, 0.1) is 5.56 Å². The van der Waals surface area contributed by atoms with Crippen LogP contribution < -0.4 is 5.32 Å². The van der Waals surface area contributed by atoms with Crippen LogP contribution in [-0.4, -0.2) is 0 Å². The second-order valence-electron chi connectivity index (χ2n) is 4.46. The molecule has 0 aliphatic heterocycles. The van der Waals surface area contributed by atoms with Crippen LogP contribution >= 0.6 is 15.9 Å². The molecule has 0 fully saturated rings. The predicted molar refractivity (Wildman–Crippen MR) is 77.6 cm³/mol. The SMILES string of the molecule is CC(Nc1ccccc1C(F)(F)F)c1ccc(Br)cc1. The number of para-hydroxylation sites is 1. The van der Waals surface area contributed by atoms with Crippen LogP contribution in [0.3, 0.4) is 0 Å². The first-order valence-electron chi connectivity index (χ1n) is 6.06. The van der Waals surface area contributed by atoms with Gasteiger partial charge in [-0.15, -0.1) is 0 Å². The molecule has 1 N–H and O–H groups in total. The molecule has 1 nitrogen and oxygen atoms in total. The van der Waals surface area contributed by atoms with Gasteiger partial charge >= 0.3 is 6.18 Å². The molecular formula is C15H13BrF3N. The summed E-state index contributed by atoms with van der Waals surface area (Å²) in [6.07, 6.45) is -4.36. The lowest BCUT2D eigenvalue weighted by atomic mass is 10.1. The van der Waals surface area contributed by atoms with Gasteiger partial charge < -0.3 is 5.32 Å². The molecule has 1 atom stereocenters. The molecule has 0 aliphatic rings. The van der Waals surface area contributed by atoms with Crippen LogP contribution in [0.5, 0.6) is 0 Å². The summed E-state index contributed by atoms with van der Waals surface area (Å²) in [6.45, 7) is 1.83. The van der Waals surface area contributed by atoms with Crippen molar-refractivity contribution in [2.24, 2.45) is 0 Å². The highest BCUT2D eigenvalue weighted by atomic mass is 79.9. The monoisotopic (exact) mass is 343 g/mol. The molecule has 0 bridgehead atoms. The summed E-state index contributed by atoms with van der Waals surface area (Å²) in [4.78, 5) is 0. The van der Waals surface area contributed by atoms with Crippen molar-refractivity contribution in [2.45, 2.75) is 19.1 Å². The maximum absolute atomic E-state index is 12.9. The molecule has 106 valence electrons. The number of alkyl halides is 3. The zero-order valence-electron chi connectivity index (χ0n) is 10.7. The standard InChI is InChI=1S/C15H13BrF3N/c1-10(11-6-8-12(16)9-7-11)20-14-5-3-2-4-13(14)15(17,18)19/h2-10,20H,1H3. The van der Waals surface area contributed by atoms with Gasteiger partial charge in [-0.3, -0.25) is 0 Å². The summed E-state index contributed by atoms with van der Waals surface area (Å²) in [7, 11) is 0. The minimum absolute atomic E-state index is 0.0930. The molecule has 0 aliphatic carbocycles. The second-order valence-corrected chi connectivity index (χ2v) is 5.38. The molecule has 0 amide bonds. The Kier molecular flexibility index (Phi) is 4.38. The minimum Gasteiger partial charge on any atom is -0.378 e. The molecule has 0 saturated heterocycles. The van der Waals surface area contributed by atoms with Crippen molar-refractivity contribution in [1.29, 1.82) is 0 Å². The van der Waals surface area contributed by atoms with Gasteiger partial charge in [-0.25, -0.2) is 0 Å². The largest absolute Gasteiger partial charge is 0.418 e. The Hall–Kier alpha value is -1.49. The molecule has 0 heterocycles. The normalized spacial score (nSPS) is 13.1. The van der Waals surface area contributed by atoms with Gasteiger partial charge in [0.1, 0.15) is 0 Å². The van der Waals surface area contributed by atoms with Crippen LogP contribution in [0.25, 0.3) is 0 Å². The zero-order chi connectivity index (χ0) is 14.8. The third kappa shape index (κ3) is 3.54. The van der Waals surface area contributed by atoms with Gasteiger partial charge in [0.2, 0.25) is 0 Å². The van der Waals surface area contributed by atoms with E-state index in [1.54, 1.807) is 6.07 Å². The van der Waals surface area contributed by atoms with Crippen molar-refractivity contribution in [1.82, 2.24) is 0 Å². The third-order valence-electron chi connectivity index (χ3n) is 2.97. The average Bonchev–Trinajstić information content (AvgIpc) is 2.38. The van der Waals surface area contributed by atoms with Gasteiger partial charge in [0.25, 0.3) is 0 Å². The smallest absolute Gasteiger partial charge is 0.378 e. The van der Waals surface area contributed by atoms with E-state index in [2.05, 4.69) is 21.2 Å². The quantitative estimate of drug-likeness (QED) is 0.760. The number of halogens is 4. The Morgan fingerprint density at radius 3 is 2.20 bits per heavy atom. The number of nitrogens with one attached hydrogen (secondary N) is 1. The molecule has 5 heteroatoms. The first kappa shape index (κ1) is 14.9. The highest BCUT2D eigenvalue weighted by Crippen LogP contribution is 2.36. The summed E-state index contributed by atoms with van der Waals surface area (Å²) in [5, 5.41) is 2.92. The van der Waals surface area contributed by atoms with Crippen LogP contribution in [0, 0.1) is 0 Å². The van der Waals surface area contributed by atoms with Gasteiger partial charge in [-0.2, -0.15) is 13.2 Å². The Morgan fingerprint density at radius 2 is 1.60 bits per heavy atom. The summed E-state index contributed by atoms with van der Waals surface area (Å²) < 4.78 is 39.7. The molecule has 0 spiro atoms. The van der Waals surface area contributed by atoms with Crippen LogP contribution in [0.2, 0.25) is 0 Å². The lowest BCUT2D eigenvalue weighted by Gasteiger charge is -2.19. The lowest BCUT2D eigenvalue weighted by Crippen LogP contribution is -2.13. The maximum Gasteiger partial charge on any atom is 0.418 e. The van der Waals surface area contributed by atoms with E-state index in [0.717, 1.165) is 16.1 Å². The zero-order valence-corrected chi connectivity index (χ0v) is 12.3. The number of anilines is 1. The van der Waals surface area contributed by atoms with Crippen molar-refractivity contribution >= 4 is 21.6 Å². The van der Waals surface area contributed by atoms with Crippen molar-refractivity contribution in [3.8, 4) is 0 Å². The predicted octanol–water partition coefficient (Wildman–Crippen LogP) is 5.64. The lowest BCUT2D eigenvalue weighted by molar-refractivity contribution is -0.137. The van der Waals surface area contributed by atoms with Gasteiger partial charge in [0, 0.05) is 16.2 Å². The van der Waals surface area contributed by atoms with Crippen molar-refractivity contribution in [2.75, 3.05) is 5.32 Å². The molecule has 1 unspecified atom stereocenters. The Labute approximate surface area is 123 Å². The third-order valence-corrected chi connectivity index (χ3v) is 3.50. The fraction of sp³-hybridized carbons (Fsp3) is 0.200. The maximum atomic E-state index is 12.9. The summed E-state index contributed by atoms with van der Waals surface area (Å²) >= 11 is 3.33. The summed E-state index contributed by atoms with van der Waals surface area (Å²) in [6, 6.07) is 12.8.